The van der Waals surface area contributed by atoms with E-state index in [0.29, 0.717) is 0 Å². The van der Waals surface area contributed by atoms with Crippen molar-refractivity contribution >= 4 is 9.12 Å². The molecule has 0 fully saturated rings. The van der Waals surface area contributed by atoms with E-state index >= 15 is 0 Å². The smallest absolute Gasteiger partial charge is 0.383 e. The summed E-state index contributed by atoms with van der Waals surface area (Å²) < 4.78 is 41.9. The molecule has 1 rings (SSSR count). The highest BCUT2D eigenvalue weighted by atomic mass is 28.3. The van der Waals surface area contributed by atoms with Crippen LogP contribution in [0.5, 0.6) is 0 Å². The van der Waals surface area contributed by atoms with Crippen molar-refractivity contribution in [3.63, 3.8) is 0 Å². The lowest BCUT2D eigenvalue weighted by molar-refractivity contribution is -0.131. The molecule has 0 aliphatic carbocycles. The summed E-state index contributed by atoms with van der Waals surface area (Å²) in [6, 6.07) is 0.227. The van der Waals surface area contributed by atoms with Gasteiger partial charge in [0.25, 0.3) is 0 Å². The van der Waals surface area contributed by atoms with Gasteiger partial charge in [-0.15, -0.1) is 0 Å². The van der Waals surface area contributed by atoms with E-state index in [0.717, 1.165) is 0 Å². The van der Waals surface area contributed by atoms with Gasteiger partial charge < -0.3 is 9.13 Å². The third kappa shape index (κ3) is 4.44. The second-order valence-corrected chi connectivity index (χ2v) is 9.74. The van der Waals surface area contributed by atoms with Crippen molar-refractivity contribution in [1.29, 1.82) is 0 Å². The van der Waals surface area contributed by atoms with Crippen LogP contribution in [0.15, 0.2) is 12.4 Å². The minimum atomic E-state index is -4.07. The Balaban J connectivity index is 2.89. The van der Waals surface area contributed by atoms with Gasteiger partial charge in [-0.25, -0.2) is 0 Å². The van der Waals surface area contributed by atoms with Crippen molar-refractivity contribution in [2.24, 2.45) is 0 Å². The second kappa shape index (κ2) is 5.03. The number of rotatable bonds is 2. The van der Waals surface area contributed by atoms with Crippen molar-refractivity contribution in [2.75, 3.05) is 0 Å². The van der Waals surface area contributed by atoms with Crippen LogP contribution >= 0.6 is 0 Å². The summed E-state index contributed by atoms with van der Waals surface area (Å²) in [4.78, 5) is 0. The van der Waals surface area contributed by atoms with Gasteiger partial charge in [0.15, 0.2) is 0 Å². The number of alkyl halides is 3. The zero-order valence-corrected chi connectivity index (χ0v) is 13.8. The molecule has 19 heavy (non-hydrogen) atoms. The molecule has 6 heteroatoms. The highest BCUT2D eigenvalue weighted by Gasteiger charge is 2.41. The lowest BCUT2D eigenvalue weighted by Gasteiger charge is -2.44. The van der Waals surface area contributed by atoms with E-state index in [1.165, 1.54) is 0 Å². The molecular weight excluding hydrogens is 269 g/mol. The molecule has 0 unspecified atom stereocenters. The van der Waals surface area contributed by atoms with E-state index in [4.69, 9.17) is 0 Å². The number of hydrogen-bond donors (Lipinski definition) is 0. The van der Waals surface area contributed by atoms with E-state index in [2.05, 4.69) is 50.7 Å². The van der Waals surface area contributed by atoms with E-state index in [1.807, 2.05) is 12.4 Å². The first-order chi connectivity index (χ1) is 8.32. The third-order valence-electron chi connectivity index (χ3n) is 3.27. The van der Waals surface area contributed by atoms with Gasteiger partial charge in [-0.1, -0.05) is 0 Å². The fourth-order valence-corrected chi connectivity index (χ4v) is 6.14. The molecule has 0 radical (unpaired) electrons. The van der Waals surface area contributed by atoms with Crippen LogP contribution in [0.25, 0.3) is 0 Å². The minimum absolute atomic E-state index is 0.126. The van der Waals surface area contributed by atoms with Gasteiger partial charge in [0.1, 0.15) is 0 Å². The molecule has 2 nitrogen and oxygen atoms in total. The summed E-state index contributed by atoms with van der Waals surface area (Å²) in [5.41, 5.74) is -0.252. The molecule has 0 saturated carbocycles. The highest BCUT2D eigenvalue weighted by Crippen LogP contribution is 2.33. The normalized spacial score (nSPS) is 18.6. The van der Waals surface area contributed by atoms with Crippen molar-refractivity contribution in [2.45, 2.75) is 71.3 Å². The van der Waals surface area contributed by atoms with Crippen LogP contribution < -0.4 is 0 Å². The summed E-state index contributed by atoms with van der Waals surface area (Å²) in [5, 5.41) is 0. The van der Waals surface area contributed by atoms with Crippen LogP contribution in [-0.2, 0) is 0 Å². The number of nitrogens with zero attached hydrogens (tertiary/aromatic N) is 2. The molecular formula is C13H25F3N2Si. The van der Waals surface area contributed by atoms with Crippen LogP contribution in [0, 0.1) is 0 Å². The molecule has 0 aromatic carbocycles. The Labute approximate surface area is 116 Å². The largest absolute Gasteiger partial charge is 0.388 e. The fraction of sp³-hybridized carbons (Fsp3) is 0.846. The van der Waals surface area contributed by atoms with Gasteiger partial charge in [0.2, 0.25) is 9.12 Å². The summed E-state index contributed by atoms with van der Waals surface area (Å²) in [5.74, 6) is 0. The maximum Gasteiger partial charge on any atom is 0.388 e. The Hall–Kier alpha value is -0.653. The summed E-state index contributed by atoms with van der Waals surface area (Å²) >= 11 is 0. The van der Waals surface area contributed by atoms with E-state index < -0.39 is 21.7 Å². The monoisotopic (exact) mass is 294 g/mol. The summed E-state index contributed by atoms with van der Waals surface area (Å²) in [7, 11) is -1.83. The zero-order chi connectivity index (χ0) is 15.1. The van der Waals surface area contributed by atoms with Gasteiger partial charge in [-0.2, -0.15) is 13.2 Å². The third-order valence-corrected chi connectivity index (χ3v) is 7.25. The van der Waals surface area contributed by atoms with Crippen LogP contribution in [-0.4, -0.2) is 35.5 Å². The Morgan fingerprint density at radius 2 is 1.21 bits per heavy atom. The molecule has 1 heterocycles. The van der Waals surface area contributed by atoms with Crippen LogP contribution in [0.2, 0.25) is 6.04 Å². The molecule has 112 valence electrons. The first kappa shape index (κ1) is 16.4. The Bertz CT molecular complexity index is 315. The molecule has 0 atom stereocenters. The SMILES string of the molecule is CC(C)(C)N1C=CN(C(C)(C)C)[SiH]1CCC(F)(F)F. The van der Waals surface area contributed by atoms with E-state index in [1.54, 1.807) is 0 Å². The van der Waals surface area contributed by atoms with Crippen molar-refractivity contribution in [3.05, 3.63) is 12.4 Å². The lowest BCUT2D eigenvalue weighted by atomic mass is 10.1. The second-order valence-electron chi connectivity index (χ2n) is 7.09. The highest BCUT2D eigenvalue weighted by molar-refractivity contribution is 6.54. The molecule has 0 saturated heterocycles. The molecule has 0 N–H and O–H groups in total. The van der Waals surface area contributed by atoms with Crippen molar-refractivity contribution < 1.29 is 13.2 Å². The number of hydrogen-bond acceptors (Lipinski definition) is 2. The zero-order valence-electron chi connectivity index (χ0n) is 12.7. The van der Waals surface area contributed by atoms with Crippen LogP contribution in [0.3, 0.4) is 0 Å². The Kier molecular flexibility index (Phi) is 4.35. The standard InChI is InChI=1S/C13H25F3N2Si/c1-11(2,3)17-8-9-18(12(4,5)6)19(17)10-7-13(14,15)16/h8-9,19H,7,10H2,1-6H3. The van der Waals surface area contributed by atoms with E-state index in [9.17, 15) is 13.2 Å². The first-order valence-corrected chi connectivity index (χ1v) is 8.49. The molecule has 1 aliphatic heterocycles. The van der Waals surface area contributed by atoms with Crippen molar-refractivity contribution in [3.8, 4) is 0 Å². The van der Waals surface area contributed by atoms with E-state index in [-0.39, 0.29) is 17.1 Å². The van der Waals surface area contributed by atoms with Gasteiger partial charge in [0.05, 0.1) is 0 Å². The Morgan fingerprint density at radius 1 is 0.842 bits per heavy atom. The maximum atomic E-state index is 12.5. The number of halogens is 3. The maximum absolute atomic E-state index is 12.5. The predicted octanol–water partition coefficient (Wildman–Crippen LogP) is 3.85. The van der Waals surface area contributed by atoms with Crippen LogP contribution in [0.4, 0.5) is 13.2 Å². The molecule has 1 aliphatic rings. The molecule has 0 amide bonds. The lowest BCUT2D eigenvalue weighted by Crippen LogP contribution is -2.56. The summed E-state index contributed by atoms with van der Waals surface area (Å²) in [6.07, 6.45) is -0.815. The topological polar surface area (TPSA) is 6.48 Å². The fourth-order valence-electron chi connectivity index (χ4n) is 2.39. The predicted molar refractivity (Wildman–Crippen MR) is 75.0 cm³/mol. The van der Waals surface area contributed by atoms with Gasteiger partial charge in [-0.05, 0) is 47.6 Å². The Morgan fingerprint density at radius 3 is 1.47 bits per heavy atom. The van der Waals surface area contributed by atoms with Gasteiger partial charge in [0, 0.05) is 29.9 Å². The van der Waals surface area contributed by atoms with Gasteiger partial charge in [-0.3, -0.25) is 0 Å². The molecule has 0 spiro atoms. The first-order valence-electron chi connectivity index (χ1n) is 6.64. The molecule has 0 aromatic rings. The van der Waals surface area contributed by atoms with Gasteiger partial charge >= 0.3 is 6.18 Å². The molecule has 0 bridgehead atoms. The average molecular weight is 294 g/mol. The minimum Gasteiger partial charge on any atom is -0.383 e. The summed E-state index contributed by atoms with van der Waals surface area (Å²) in [6.45, 7) is 12.3. The van der Waals surface area contributed by atoms with Crippen molar-refractivity contribution in [1.82, 2.24) is 9.13 Å². The average Bonchev–Trinajstić information content (AvgIpc) is 2.54. The molecule has 0 aromatic heterocycles. The quantitative estimate of drug-likeness (QED) is 0.714. The van der Waals surface area contributed by atoms with Crippen LogP contribution in [0.1, 0.15) is 48.0 Å².